The van der Waals surface area contributed by atoms with Crippen LogP contribution in [0.1, 0.15) is 18.4 Å². The number of benzene rings is 3. The van der Waals surface area contributed by atoms with Crippen LogP contribution in [0, 0.1) is 10.1 Å². The molecule has 0 radical (unpaired) electrons. The number of hydrazone groups is 1. The summed E-state index contributed by atoms with van der Waals surface area (Å²) in [7, 11) is 0. The fourth-order valence-corrected chi connectivity index (χ4v) is 2.74. The molecule has 0 heterocycles. The van der Waals surface area contributed by atoms with Crippen molar-refractivity contribution < 1.29 is 14.5 Å². The number of fused-ring (bicyclic) bond motifs is 1. The summed E-state index contributed by atoms with van der Waals surface area (Å²) in [6.07, 6.45) is 1.43. The van der Waals surface area contributed by atoms with Crippen LogP contribution in [0.5, 0.6) is 0 Å². The Kier molecular flexibility index (Phi) is 6.26. The van der Waals surface area contributed by atoms with Crippen molar-refractivity contribution in [2.75, 3.05) is 5.32 Å². The Hall–Kier alpha value is -4.07. The number of hydrogen-bond acceptors (Lipinski definition) is 5. The molecule has 2 amide bonds. The van der Waals surface area contributed by atoms with Gasteiger partial charge < -0.3 is 5.32 Å². The summed E-state index contributed by atoms with van der Waals surface area (Å²) in [4.78, 5) is 34.1. The first kappa shape index (κ1) is 19.7. The molecule has 0 fully saturated rings. The first-order valence-electron chi connectivity index (χ1n) is 8.87. The lowest BCUT2D eigenvalue weighted by Crippen LogP contribution is -2.20. The molecule has 0 saturated heterocycles. The first-order valence-corrected chi connectivity index (χ1v) is 8.87. The molecule has 0 saturated carbocycles. The Morgan fingerprint density at radius 3 is 2.52 bits per heavy atom. The van der Waals surface area contributed by atoms with Crippen LogP contribution in [0.3, 0.4) is 0 Å². The molecule has 2 N–H and O–H groups in total. The molecule has 0 unspecified atom stereocenters. The number of anilines is 1. The van der Waals surface area contributed by atoms with Crippen LogP contribution in [-0.2, 0) is 9.59 Å². The predicted octanol–water partition coefficient (Wildman–Crippen LogP) is 3.62. The molecule has 0 spiro atoms. The molecule has 0 aromatic heterocycles. The van der Waals surface area contributed by atoms with E-state index < -0.39 is 16.7 Å². The largest absolute Gasteiger partial charge is 0.326 e. The SMILES string of the molecule is O=C(CCC(=O)Nc1cccc([N+](=O)[O-])c1)NN=Cc1cccc2ccccc12. The highest BCUT2D eigenvalue weighted by Gasteiger charge is 2.10. The predicted molar refractivity (Wildman–Crippen MR) is 111 cm³/mol. The van der Waals surface area contributed by atoms with E-state index in [9.17, 15) is 19.7 Å². The molecule has 0 aliphatic carbocycles. The number of carbonyl (C=O) groups excluding carboxylic acids is 2. The number of nitrogens with zero attached hydrogens (tertiary/aromatic N) is 2. The Morgan fingerprint density at radius 2 is 1.69 bits per heavy atom. The second-order valence-electron chi connectivity index (χ2n) is 6.22. The molecule has 29 heavy (non-hydrogen) atoms. The summed E-state index contributed by atoms with van der Waals surface area (Å²) >= 11 is 0. The minimum absolute atomic E-state index is 0.0619. The minimum atomic E-state index is -0.545. The first-order chi connectivity index (χ1) is 14.0. The fourth-order valence-electron chi connectivity index (χ4n) is 2.74. The number of nitrogens with one attached hydrogen (secondary N) is 2. The number of nitro benzene ring substituents is 1. The number of carbonyl (C=O) groups is 2. The molecule has 0 atom stereocenters. The lowest BCUT2D eigenvalue weighted by molar-refractivity contribution is -0.384. The van der Waals surface area contributed by atoms with E-state index in [4.69, 9.17) is 0 Å². The van der Waals surface area contributed by atoms with E-state index in [1.807, 2.05) is 42.5 Å². The van der Waals surface area contributed by atoms with Crippen LogP contribution < -0.4 is 10.7 Å². The highest BCUT2D eigenvalue weighted by molar-refractivity contribution is 6.00. The molecule has 8 nitrogen and oxygen atoms in total. The van der Waals surface area contributed by atoms with Gasteiger partial charge in [0.2, 0.25) is 11.8 Å². The van der Waals surface area contributed by atoms with Gasteiger partial charge in [0.1, 0.15) is 0 Å². The molecule has 3 aromatic carbocycles. The highest BCUT2D eigenvalue weighted by Crippen LogP contribution is 2.18. The molecular weight excluding hydrogens is 372 g/mol. The van der Waals surface area contributed by atoms with Gasteiger partial charge in [0.15, 0.2) is 0 Å². The maximum Gasteiger partial charge on any atom is 0.271 e. The van der Waals surface area contributed by atoms with Gasteiger partial charge in [0.25, 0.3) is 5.69 Å². The van der Waals surface area contributed by atoms with Gasteiger partial charge in [-0.1, -0.05) is 48.5 Å². The molecule has 0 aliphatic rings. The number of nitro groups is 1. The maximum atomic E-state index is 11.9. The number of non-ortho nitro benzene ring substituents is 1. The molecular formula is C21H18N4O4. The van der Waals surface area contributed by atoms with Gasteiger partial charge in [0, 0.05) is 36.2 Å². The summed E-state index contributed by atoms with van der Waals surface area (Å²) in [6, 6.07) is 19.2. The average molecular weight is 390 g/mol. The van der Waals surface area contributed by atoms with Crippen LogP contribution >= 0.6 is 0 Å². The van der Waals surface area contributed by atoms with Crippen molar-refractivity contribution >= 4 is 40.2 Å². The van der Waals surface area contributed by atoms with Gasteiger partial charge >= 0.3 is 0 Å². The van der Waals surface area contributed by atoms with Crippen molar-refractivity contribution in [1.82, 2.24) is 5.43 Å². The third-order valence-corrected chi connectivity index (χ3v) is 4.14. The minimum Gasteiger partial charge on any atom is -0.326 e. The number of rotatable bonds is 7. The smallest absolute Gasteiger partial charge is 0.271 e. The molecule has 3 rings (SSSR count). The van der Waals surface area contributed by atoms with E-state index in [1.165, 1.54) is 18.2 Å². The fraction of sp³-hybridized carbons (Fsp3) is 0.0952. The zero-order chi connectivity index (χ0) is 20.6. The summed E-state index contributed by atoms with van der Waals surface area (Å²) < 4.78 is 0. The van der Waals surface area contributed by atoms with Gasteiger partial charge in [-0.2, -0.15) is 5.10 Å². The highest BCUT2D eigenvalue weighted by atomic mass is 16.6. The van der Waals surface area contributed by atoms with Gasteiger partial charge in [0.05, 0.1) is 11.1 Å². The summed E-state index contributed by atoms with van der Waals surface area (Å²) in [5.41, 5.74) is 3.45. The van der Waals surface area contributed by atoms with Crippen LogP contribution in [-0.4, -0.2) is 23.0 Å². The summed E-state index contributed by atoms with van der Waals surface area (Å²) in [6.45, 7) is 0. The van der Waals surface area contributed by atoms with Gasteiger partial charge in [-0.05, 0) is 16.8 Å². The molecule has 8 heteroatoms. The normalized spacial score (nSPS) is 10.8. The molecule has 0 aliphatic heterocycles. The zero-order valence-corrected chi connectivity index (χ0v) is 15.4. The van der Waals surface area contributed by atoms with E-state index in [2.05, 4.69) is 15.8 Å². The van der Waals surface area contributed by atoms with Crippen LogP contribution in [0.2, 0.25) is 0 Å². The van der Waals surface area contributed by atoms with E-state index in [1.54, 1.807) is 12.3 Å². The zero-order valence-electron chi connectivity index (χ0n) is 15.4. The Labute approximate surface area is 166 Å². The number of amides is 2. The summed E-state index contributed by atoms with van der Waals surface area (Å²) in [5, 5.41) is 19.3. The van der Waals surface area contributed by atoms with Crippen molar-refractivity contribution in [3.8, 4) is 0 Å². The average Bonchev–Trinajstić information content (AvgIpc) is 2.72. The van der Waals surface area contributed by atoms with E-state index >= 15 is 0 Å². The third-order valence-electron chi connectivity index (χ3n) is 4.14. The number of hydrogen-bond donors (Lipinski definition) is 2. The van der Waals surface area contributed by atoms with Crippen LogP contribution in [0.15, 0.2) is 71.8 Å². The lowest BCUT2D eigenvalue weighted by Gasteiger charge is -2.05. The maximum absolute atomic E-state index is 11.9. The van der Waals surface area contributed by atoms with Gasteiger partial charge in [-0.25, -0.2) is 5.43 Å². The second-order valence-corrected chi connectivity index (χ2v) is 6.22. The quantitative estimate of drug-likeness (QED) is 0.364. The van der Waals surface area contributed by atoms with E-state index in [0.29, 0.717) is 5.69 Å². The van der Waals surface area contributed by atoms with Crippen LogP contribution in [0.4, 0.5) is 11.4 Å². The Bertz CT molecular complexity index is 1090. The van der Waals surface area contributed by atoms with Gasteiger partial charge in [-0.15, -0.1) is 0 Å². The Balaban J connectivity index is 1.49. The van der Waals surface area contributed by atoms with Crippen molar-refractivity contribution in [2.45, 2.75) is 12.8 Å². The van der Waals surface area contributed by atoms with Crippen molar-refractivity contribution in [3.05, 3.63) is 82.4 Å². The standard InChI is InChI=1S/C21H18N4O4/c26-20(23-17-8-4-9-18(13-17)25(28)29)11-12-21(27)24-22-14-16-7-3-6-15-5-1-2-10-19(15)16/h1-10,13-14H,11-12H2,(H,23,26)(H,24,27). The summed E-state index contributed by atoms with van der Waals surface area (Å²) in [5.74, 6) is -0.825. The lowest BCUT2D eigenvalue weighted by atomic mass is 10.1. The third kappa shape index (κ3) is 5.46. The molecule has 146 valence electrons. The van der Waals surface area contributed by atoms with Crippen LogP contribution in [0.25, 0.3) is 10.8 Å². The van der Waals surface area contributed by atoms with Crippen molar-refractivity contribution in [2.24, 2.45) is 5.10 Å². The van der Waals surface area contributed by atoms with Gasteiger partial charge in [-0.3, -0.25) is 19.7 Å². The molecule has 3 aromatic rings. The van der Waals surface area contributed by atoms with E-state index in [-0.39, 0.29) is 18.5 Å². The van der Waals surface area contributed by atoms with Crippen molar-refractivity contribution in [1.29, 1.82) is 0 Å². The second kappa shape index (κ2) is 9.23. The topological polar surface area (TPSA) is 114 Å². The Morgan fingerprint density at radius 1 is 0.966 bits per heavy atom. The molecule has 0 bridgehead atoms. The van der Waals surface area contributed by atoms with E-state index in [0.717, 1.165) is 16.3 Å². The van der Waals surface area contributed by atoms with Crippen molar-refractivity contribution in [3.63, 3.8) is 0 Å². The monoisotopic (exact) mass is 390 g/mol.